The molecule has 98 valence electrons. The van der Waals surface area contributed by atoms with Gasteiger partial charge in [0.1, 0.15) is 0 Å². The lowest BCUT2D eigenvalue weighted by Gasteiger charge is -2.35. The van der Waals surface area contributed by atoms with Crippen molar-refractivity contribution in [2.45, 2.75) is 52.5 Å². The van der Waals surface area contributed by atoms with Crippen LogP contribution in [0.25, 0.3) is 0 Å². The first kappa shape index (κ1) is 14.5. The minimum absolute atomic E-state index is 0.650. The van der Waals surface area contributed by atoms with Crippen molar-refractivity contribution >= 4 is 0 Å². The van der Waals surface area contributed by atoms with Gasteiger partial charge in [0.05, 0.1) is 0 Å². The highest BCUT2D eigenvalue weighted by atomic mass is 15.1. The Morgan fingerprint density at radius 3 is 2.65 bits per heavy atom. The molecular formula is C15H28N2. The van der Waals surface area contributed by atoms with Crippen LogP contribution in [0, 0.1) is 17.8 Å². The average Bonchev–Trinajstić information content (AvgIpc) is 2.36. The van der Waals surface area contributed by atoms with Crippen LogP contribution in [0.2, 0.25) is 0 Å². The zero-order valence-corrected chi connectivity index (χ0v) is 11.8. The van der Waals surface area contributed by atoms with Gasteiger partial charge in [-0.3, -0.25) is 0 Å². The summed E-state index contributed by atoms with van der Waals surface area (Å²) < 4.78 is 0. The van der Waals surface area contributed by atoms with E-state index >= 15 is 0 Å². The van der Waals surface area contributed by atoms with Crippen molar-refractivity contribution in [3.05, 3.63) is 0 Å². The number of hydrogen-bond donors (Lipinski definition) is 1. The number of likely N-dealkylation sites (tertiary alicyclic amines) is 1. The lowest BCUT2D eigenvalue weighted by Crippen LogP contribution is -2.42. The molecule has 1 N–H and O–H groups in total. The van der Waals surface area contributed by atoms with Crippen LogP contribution in [0.3, 0.4) is 0 Å². The van der Waals surface area contributed by atoms with Gasteiger partial charge in [0.15, 0.2) is 0 Å². The first-order chi connectivity index (χ1) is 8.27. The highest BCUT2D eigenvalue weighted by molar-refractivity contribution is 4.95. The molecule has 0 saturated carbocycles. The third-order valence-corrected chi connectivity index (χ3v) is 3.77. The summed E-state index contributed by atoms with van der Waals surface area (Å²) >= 11 is 0. The van der Waals surface area contributed by atoms with Gasteiger partial charge < -0.3 is 10.2 Å². The predicted octanol–water partition coefficient (Wildman–Crippen LogP) is 2.50. The second-order valence-electron chi connectivity index (χ2n) is 5.10. The Bertz CT molecular complexity index is 243. The number of hydrogen-bond acceptors (Lipinski definition) is 2. The van der Waals surface area contributed by atoms with Gasteiger partial charge in [-0.1, -0.05) is 6.92 Å². The maximum absolute atomic E-state index is 3.61. The van der Waals surface area contributed by atoms with Crippen LogP contribution in [0.1, 0.15) is 46.5 Å². The minimum Gasteiger partial charge on any atom is -0.313 e. The summed E-state index contributed by atoms with van der Waals surface area (Å²) in [5.41, 5.74) is 0. The smallest absolute Gasteiger partial charge is 0.0214 e. The summed E-state index contributed by atoms with van der Waals surface area (Å²) in [5, 5.41) is 3.61. The van der Waals surface area contributed by atoms with Crippen molar-refractivity contribution in [2.24, 2.45) is 5.92 Å². The number of nitrogens with one attached hydrogen (secondary N) is 1. The zero-order chi connectivity index (χ0) is 12.5. The van der Waals surface area contributed by atoms with E-state index in [-0.39, 0.29) is 0 Å². The molecule has 0 radical (unpaired) electrons. The van der Waals surface area contributed by atoms with Gasteiger partial charge in [-0.05, 0) is 58.7 Å². The van der Waals surface area contributed by atoms with Crippen LogP contribution in [-0.4, -0.2) is 37.1 Å². The Morgan fingerprint density at radius 1 is 1.35 bits per heavy atom. The second-order valence-corrected chi connectivity index (χ2v) is 5.10. The highest BCUT2D eigenvalue weighted by Crippen LogP contribution is 2.20. The fourth-order valence-corrected chi connectivity index (χ4v) is 2.65. The van der Waals surface area contributed by atoms with Crippen molar-refractivity contribution in [3.8, 4) is 11.8 Å². The maximum atomic E-state index is 3.61. The molecule has 1 aliphatic rings. The molecular weight excluding hydrogens is 208 g/mol. The Kier molecular flexibility index (Phi) is 7.32. The molecule has 1 saturated heterocycles. The third kappa shape index (κ3) is 5.57. The molecule has 1 heterocycles. The summed E-state index contributed by atoms with van der Waals surface area (Å²) in [4.78, 5) is 2.60. The van der Waals surface area contributed by atoms with Crippen LogP contribution in [0.15, 0.2) is 0 Å². The molecule has 1 unspecified atom stereocenters. The fraction of sp³-hybridized carbons (Fsp3) is 0.867. The van der Waals surface area contributed by atoms with Crippen LogP contribution < -0.4 is 5.32 Å². The van der Waals surface area contributed by atoms with Gasteiger partial charge in [-0.2, -0.15) is 0 Å². The van der Waals surface area contributed by atoms with E-state index in [4.69, 9.17) is 0 Å². The SMILES string of the molecule is CC#CCCNC(C)C1CCN(CCC)CC1. The molecule has 0 aliphatic carbocycles. The van der Waals surface area contributed by atoms with Gasteiger partial charge >= 0.3 is 0 Å². The molecule has 1 rings (SSSR count). The lowest BCUT2D eigenvalue weighted by molar-refractivity contribution is 0.163. The molecule has 2 heteroatoms. The molecule has 0 spiro atoms. The van der Waals surface area contributed by atoms with E-state index in [1.807, 2.05) is 6.92 Å². The van der Waals surface area contributed by atoms with Crippen LogP contribution in [-0.2, 0) is 0 Å². The molecule has 0 bridgehead atoms. The first-order valence-corrected chi connectivity index (χ1v) is 7.13. The zero-order valence-electron chi connectivity index (χ0n) is 11.8. The fourth-order valence-electron chi connectivity index (χ4n) is 2.65. The standard InChI is InChI=1S/C15H28N2/c1-4-6-7-10-16-14(3)15-8-12-17(11-5-2)13-9-15/h14-16H,5,7-13H2,1-3H3. The van der Waals surface area contributed by atoms with Crippen LogP contribution in [0.5, 0.6) is 0 Å². The largest absolute Gasteiger partial charge is 0.313 e. The van der Waals surface area contributed by atoms with Gasteiger partial charge in [0, 0.05) is 19.0 Å². The van der Waals surface area contributed by atoms with E-state index in [9.17, 15) is 0 Å². The number of rotatable bonds is 6. The molecule has 1 atom stereocenters. The van der Waals surface area contributed by atoms with Crippen LogP contribution >= 0.6 is 0 Å². The van der Waals surface area contributed by atoms with Gasteiger partial charge in [0.2, 0.25) is 0 Å². The van der Waals surface area contributed by atoms with E-state index < -0.39 is 0 Å². The molecule has 0 aromatic rings. The second kappa shape index (κ2) is 8.55. The van der Waals surface area contributed by atoms with E-state index in [1.54, 1.807) is 0 Å². The Morgan fingerprint density at radius 2 is 2.06 bits per heavy atom. The van der Waals surface area contributed by atoms with E-state index in [1.165, 1.54) is 38.9 Å². The molecule has 1 aliphatic heterocycles. The molecule has 0 aromatic carbocycles. The summed E-state index contributed by atoms with van der Waals surface area (Å²) in [5.74, 6) is 6.91. The molecule has 1 fully saturated rings. The van der Waals surface area contributed by atoms with E-state index in [0.29, 0.717) is 6.04 Å². The van der Waals surface area contributed by atoms with Gasteiger partial charge in [0.25, 0.3) is 0 Å². The number of piperidine rings is 1. The topological polar surface area (TPSA) is 15.3 Å². The summed E-state index contributed by atoms with van der Waals surface area (Å²) in [7, 11) is 0. The lowest BCUT2D eigenvalue weighted by atomic mass is 9.90. The van der Waals surface area contributed by atoms with Crippen molar-refractivity contribution in [1.82, 2.24) is 10.2 Å². The van der Waals surface area contributed by atoms with Crippen molar-refractivity contribution in [3.63, 3.8) is 0 Å². The molecule has 2 nitrogen and oxygen atoms in total. The third-order valence-electron chi connectivity index (χ3n) is 3.77. The summed E-state index contributed by atoms with van der Waals surface area (Å²) in [6.07, 6.45) is 4.98. The molecule has 0 amide bonds. The van der Waals surface area contributed by atoms with Crippen molar-refractivity contribution < 1.29 is 0 Å². The van der Waals surface area contributed by atoms with Crippen molar-refractivity contribution in [1.29, 1.82) is 0 Å². The average molecular weight is 236 g/mol. The van der Waals surface area contributed by atoms with Gasteiger partial charge in [-0.15, -0.1) is 11.8 Å². The maximum Gasteiger partial charge on any atom is 0.0214 e. The highest BCUT2D eigenvalue weighted by Gasteiger charge is 2.22. The van der Waals surface area contributed by atoms with Crippen LogP contribution in [0.4, 0.5) is 0 Å². The molecule has 17 heavy (non-hydrogen) atoms. The predicted molar refractivity (Wildman–Crippen MR) is 75.0 cm³/mol. The summed E-state index contributed by atoms with van der Waals surface area (Å²) in [6, 6.07) is 0.650. The first-order valence-electron chi connectivity index (χ1n) is 7.13. The minimum atomic E-state index is 0.650. The Balaban J connectivity index is 2.16. The Hall–Kier alpha value is -0.520. The quantitative estimate of drug-likeness (QED) is 0.563. The number of nitrogens with zero attached hydrogens (tertiary/aromatic N) is 1. The normalized spacial score (nSPS) is 19.7. The van der Waals surface area contributed by atoms with E-state index in [0.717, 1.165) is 18.9 Å². The Labute approximate surface area is 107 Å². The van der Waals surface area contributed by atoms with Gasteiger partial charge in [-0.25, -0.2) is 0 Å². The van der Waals surface area contributed by atoms with E-state index in [2.05, 4.69) is 35.9 Å². The van der Waals surface area contributed by atoms with Crippen molar-refractivity contribution in [2.75, 3.05) is 26.2 Å². The monoisotopic (exact) mass is 236 g/mol. The summed E-state index contributed by atoms with van der Waals surface area (Å²) in [6.45, 7) is 11.4. The molecule has 0 aromatic heterocycles.